The molecule has 2 saturated heterocycles. The summed E-state index contributed by atoms with van der Waals surface area (Å²) >= 11 is 0. The Hall–Kier alpha value is 0.170. The fourth-order valence-corrected chi connectivity index (χ4v) is 3.75. The molecule has 2 heterocycles. The van der Waals surface area contributed by atoms with Gasteiger partial charge < -0.3 is 27.2 Å². The van der Waals surface area contributed by atoms with Gasteiger partial charge in [0.15, 0.2) is 5.79 Å². The molecule has 4 unspecified atom stereocenters. The van der Waals surface area contributed by atoms with Crippen LogP contribution in [0.5, 0.6) is 0 Å². The molecule has 1 saturated carbocycles. The molecule has 0 aromatic heterocycles. The first-order chi connectivity index (χ1) is 8.30. The Morgan fingerprint density at radius 2 is 1.94 bits per heavy atom. The zero-order valence-corrected chi connectivity index (χ0v) is 12.1. The van der Waals surface area contributed by atoms with Gasteiger partial charge in [-0.3, -0.25) is 0 Å². The second kappa shape index (κ2) is 6.08. The number of rotatable bonds is 1. The second-order valence-electron chi connectivity index (χ2n) is 6.11. The third kappa shape index (κ3) is 2.69. The van der Waals surface area contributed by atoms with Crippen LogP contribution in [0.2, 0.25) is 0 Å². The van der Waals surface area contributed by atoms with Crippen molar-refractivity contribution in [2.45, 2.75) is 69.8 Å². The topological polar surface area (TPSA) is 35.1 Å². The average Bonchev–Trinajstić information content (AvgIpc) is 2.80. The van der Waals surface area contributed by atoms with E-state index in [1.807, 2.05) is 0 Å². The average molecular weight is 276 g/mol. The van der Waals surface area contributed by atoms with Crippen LogP contribution in [0.3, 0.4) is 0 Å². The smallest absolute Gasteiger partial charge is 0.171 e. The van der Waals surface area contributed by atoms with Gasteiger partial charge in [0, 0.05) is 18.8 Å². The van der Waals surface area contributed by atoms with E-state index in [0.29, 0.717) is 18.1 Å². The van der Waals surface area contributed by atoms with Gasteiger partial charge >= 0.3 is 0 Å². The third-order valence-electron chi connectivity index (χ3n) is 4.94. The number of ether oxygens (including phenoxy) is 2. The second-order valence-corrected chi connectivity index (χ2v) is 6.11. The molecular formula is C14H26ClNO2. The molecule has 0 bridgehead atoms. The van der Waals surface area contributed by atoms with Crippen molar-refractivity contribution in [1.29, 1.82) is 0 Å². The van der Waals surface area contributed by atoms with Gasteiger partial charge in [0.25, 0.3) is 0 Å². The molecule has 0 radical (unpaired) electrons. The lowest BCUT2D eigenvalue weighted by molar-refractivity contribution is -0.704. The molecule has 2 N–H and O–H groups in total. The molecule has 3 fully saturated rings. The van der Waals surface area contributed by atoms with Crippen molar-refractivity contribution in [3.8, 4) is 0 Å². The van der Waals surface area contributed by atoms with E-state index in [0.717, 1.165) is 13.0 Å². The van der Waals surface area contributed by atoms with E-state index >= 15 is 0 Å². The van der Waals surface area contributed by atoms with E-state index in [4.69, 9.17) is 9.47 Å². The molecule has 3 aliphatic rings. The Kier molecular flexibility index (Phi) is 4.92. The van der Waals surface area contributed by atoms with Crippen molar-refractivity contribution >= 4 is 0 Å². The Balaban J connectivity index is 0.00000120. The molecule has 4 heteroatoms. The molecular weight excluding hydrogens is 250 g/mol. The van der Waals surface area contributed by atoms with E-state index < -0.39 is 0 Å². The van der Waals surface area contributed by atoms with E-state index in [1.165, 1.54) is 45.1 Å². The van der Waals surface area contributed by atoms with Crippen LogP contribution in [-0.4, -0.2) is 31.1 Å². The summed E-state index contributed by atoms with van der Waals surface area (Å²) in [6, 6.07) is 0.650. The standard InChI is InChI=1S/C14H25NO2.ClH/c1-11-6-2-4-8-14(11)16-10-13(17-14)12-7-3-5-9-15-12;/h11-13,15H,2-10H2,1H3;1H. The monoisotopic (exact) mass is 275 g/mol. The summed E-state index contributed by atoms with van der Waals surface area (Å²) < 4.78 is 12.5. The first-order valence-corrected chi connectivity index (χ1v) is 7.45. The van der Waals surface area contributed by atoms with Crippen molar-refractivity contribution in [3.63, 3.8) is 0 Å². The van der Waals surface area contributed by atoms with Crippen LogP contribution in [0, 0.1) is 5.92 Å². The van der Waals surface area contributed by atoms with E-state index in [9.17, 15) is 0 Å². The Morgan fingerprint density at radius 3 is 2.67 bits per heavy atom. The van der Waals surface area contributed by atoms with Gasteiger partial charge in [-0.25, -0.2) is 0 Å². The highest BCUT2D eigenvalue weighted by molar-refractivity contribution is 4.89. The lowest BCUT2D eigenvalue weighted by atomic mass is 9.84. The molecule has 2 aliphatic heterocycles. The first kappa shape index (κ1) is 14.6. The summed E-state index contributed by atoms with van der Waals surface area (Å²) in [5.74, 6) is 0.360. The quantitative estimate of drug-likeness (QED) is 0.628. The third-order valence-corrected chi connectivity index (χ3v) is 4.94. The minimum absolute atomic E-state index is 0. The van der Waals surface area contributed by atoms with E-state index in [-0.39, 0.29) is 18.2 Å². The van der Waals surface area contributed by atoms with Crippen LogP contribution in [0.25, 0.3) is 0 Å². The van der Waals surface area contributed by atoms with Crippen LogP contribution in [-0.2, 0) is 9.47 Å². The van der Waals surface area contributed by atoms with Crippen molar-refractivity contribution in [2.75, 3.05) is 13.2 Å². The fraction of sp³-hybridized carbons (Fsp3) is 1.00. The van der Waals surface area contributed by atoms with Crippen molar-refractivity contribution in [1.82, 2.24) is 0 Å². The summed E-state index contributed by atoms with van der Waals surface area (Å²) in [6.45, 7) is 4.39. The van der Waals surface area contributed by atoms with Crippen LogP contribution in [0.4, 0.5) is 0 Å². The SMILES string of the molecule is CC1CCCCC12OCC(C1CCCC[NH2+]1)O2.[Cl-]. The predicted octanol–water partition coefficient (Wildman–Crippen LogP) is -1.57. The Bertz CT molecular complexity index is 271. The summed E-state index contributed by atoms with van der Waals surface area (Å²) in [4.78, 5) is 0. The zero-order valence-electron chi connectivity index (χ0n) is 11.4. The van der Waals surface area contributed by atoms with Gasteiger partial charge in [-0.05, 0) is 25.7 Å². The largest absolute Gasteiger partial charge is 1.00 e. The number of halogens is 1. The Labute approximate surface area is 116 Å². The minimum atomic E-state index is -0.214. The van der Waals surface area contributed by atoms with Gasteiger partial charge in [-0.1, -0.05) is 13.3 Å². The maximum absolute atomic E-state index is 6.39. The number of quaternary nitrogens is 1. The number of nitrogens with two attached hydrogens (primary N) is 1. The van der Waals surface area contributed by atoms with Gasteiger partial charge in [0.2, 0.25) is 0 Å². The van der Waals surface area contributed by atoms with Crippen LogP contribution < -0.4 is 17.7 Å². The van der Waals surface area contributed by atoms with Crippen LogP contribution in [0.1, 0.15) is 51.9 Å². The molecule has 3 rings (SSSR count). The summed E-state index contributed by atoms with van der Waals surface area (Å²) in [7, 11) is 0. The van der Waals surface area contributed by atoms with Gasteiger partial charge in [0.05, 0.1) is 13.2 Å². The summed E-state index contributed by atoms with van der Waals surface area (Å²) in [6.07, 6.45) is 9.36. The highest BCUT2D eigenvalue weighted by Gasteiger charge is 2.49. The van der Waals surface area contributed by atoms with Gasteiger partial charge in [0.1, 0.15) is 12.1 Å². The van der Waals surface area contributed by atoms with Crippen LogP contribution in [0.15, 0.2) is 0 Å². The molecule has 1 spiro atoms. The van der Waals surface area contributed by atoms with Crippen molar-refractivity contribution < 1.29 is 27.2 Å². The maximum Gasteiger partial charge on any atom is 0.171 e. The number of hydrogen-bond acceptors (Lipinski definition) is 2. The number of piperidine rings is 1. The van der Waals surface area contributed by atoms with Crippen molar-refractivity contribution in [2.24, 2.45) is 5.92 Å². The molecule has 0 aromatic carbocycles. The number of hydrogen-bond donors (Lipinski definition) is 1. The lowest BCUT2D eigenvalue weighted by Gasteiger charge is -2.38. The van der Waals surface area contributed by atoms with Gasteiger partial charge in [-0.2, -0.15) is 0 Å². The molecule has 1 aliphatic carbocycles. The highest BCUT2D eigenvalue weighted by Crippen LogP contribution is 2.42. The van der Waals surface area contributed by atoms with E-state index in [2.05, 4.69) is 12.2 Å². The predicted molar refractivity (Wildman–Crippen MR) is 65.6 cm³/mol. The molecule has 0 aromatic rings. The summed E-state index contributed by atoms with van der Waals surface area (Å²) in [5.41, 5.74) is 0. The normalized spacial score (nSPS) is 44.8. The fourth-order valence-electron chi connectivity index (χ4n) is 3.75. The summed E-state index contributed by atoms with van der Waals surface area (Å²) in [5, 5.41) is 2.48. The molecule has 106 valence electrons. The molecule has 4 atom stereocenters. The lowest BCUT2D eigenvalue weighted by Crippen LogP contribution is -3.00. The zero-order chi connectivity index (χ0) is 11.7. The maximum atomic E-state index is 6.39. The molecule has 0 amide bonds. The van der Waals surface area contributed by atoms with E-state index in [1.54, 1.807) is 0 Å². The van der Waals surface area contributed by atoms with Crippen LogP contribution >= 0.6 is 0 Å². The van der Waals surface area contributed by atoms with Crippen molar-refractivity contribution in [3.05, 3.63) is 0 Å². The first-order valence-electron chi connectivity index (χ1n) is 7.45. The van der Waals surface area contributed by atoms with Gasteiger partial charge in [-0.15, -0.1) is 0 Å². The Morgan fingerprint density at radius 1 is 1.11 bits per heavy atom. The molecule has 18 heavy (non-hydrogen) atoms. The minimum Gasteiger partial charge on any atom is -1.00 e. The highest BCUT2D eigenvalue weighted by atomic mass is 35.5. The molecule has 3 nitrogen and oxygen atoms in total.